The molecule has 0 saturated carbocycles. The van der Waals surface area contributed by atoms with E-state index in [2.05, 4.69) is 21.8 Å². The van der Waals surface area contributed by atoms with Crippen molar-refractivity contribution >= 4 is 11.3 Å². The van der Waals surface area contributed by atoms with E-state index >= 15 is 0 Å². The van der Waals surface area contributed by atoms with Gasteiger partial charge in [-0.3, -0.25) is 9.88 Å². The Labute approximate surface area is 123 Å². The highest BCUT2D eigenvalue weighted by Gasteiger charge is 2.32. The van der Waals surface area contributed by atoms with Gasteiger partial charge in [0.05, 0.1) is 5.69 Å². The van der Waals surface area contributed by atoms with Crippen LogP contribution in [0.2, 0.25) is 0 Å². The zero-order valence-electron chi connectivity index (χ0n) is 11.7. The van der Waals surface area contributed by atoms with Crippen LogP contribution in [-0.4, -0.2) is 34.5 Å². The van der Waals surface area contributed by atoms with Crippen LogP contribution in [-0.2, 0) is 6.54 Å². The molecule has 0 aromatic carbocycles. The summed E-state index contributed by atoms with van der Waals surface area (Å²) in [7, 11) is 0. The number of aromatic nitrogens is 2. The molecule has 1 atom stereocenters. The fraction of sp³-hybridized carbons (Fsp3) is 0.467. The predicted octanol–water partition coefficient (Wildman–Crippen LogP) is 2.38. The molecule has 4 nitrogen and oxygen atoms in total. The minimum absolute atomic E-state index is 0.286. The molecule has 106 valence electrons. The minimum atomic E-state index is 0.286. The maximum absolute atomic E-state index is 5.86. The van der Waals surface area contributed by atoms with Crippen LogP contribution in [0.4, 0.5) is 0 Å². The van der Waals surface area contributed by atoms with Crippen molar-refractivity contribution in [2.24, 2.45) is 11.1 Å². The van der Waals surface area contributed by atoms with Crippen LogP contribution in [0.3, 0.4) is 0 Å². The lowest BCUT2D eigenvalue weighted by molar-refractivity contribution is 0.276. The third-order valence-corrected chi connectivity index (χ3v) is 4.95. The third-order valence-electron chi connectivity index (χ3n) is 3.95. The average molecular weight is 288 g/mol. The summed E-state index contributed by atoms with van der Waals surface area (Å²) in [5, 5.41) is 1.00. The second-order valence-electron chi connectivity index (χ2n) is 5.82. The highest BCUT2D eigenvalue weighted by atomic mass is 32.1. The highest BCUT2D eigenvalue weighted by Crippen LogP contribution is 2.31. The van der Waals surface area contributed by atoms with Gasteiger partial charge in [-0.15, -0.1) is 11.3 Å². The molecule has 1 fully saturated rings. The van der Waals surface area contributed by atoms with E-state index in [1.807, 2.05) is 30.6 Å². The first kappa shape index (κ1) is 13.7. The third kappa shape index (κ3) is 2.90. The summed E-state index contributed by atoms with van der Waals surface area (Å²) in [5.74, 6) is 0. The van der Waals surface area contributed by atoms with Gasteiger partial charge in [0.25, 0.3) is 0 Å². The largest absolute Gasteiger partial charge is 0.330 e. The molecule has 5 heteroatoms. The van der Waals surface area contributed by atoms with E-state index < -0.39 is 0 Å². The Bertz CT molecular complexity index is 568. The molecule has 20 heavy (non-hydrogen) atoms. The number of thiazole rings is 1. The van der Waals surface area contributed by atoms with E-state index in [4.69, 9.17) is 5.73 Å². The standard InChI is InChI=1S/C15H20N4S/c1-15(10-16)5-7-19(11-15)9-12-8-18-14(20-12)13-4-2-3-6-17-13/h2-4,6,8H,5,7,9-11,16H2,1H3. The first-order valence-electron chi connectivity index (χ1n) is 6.97. The Hall–Kier alpha value is -1.30. The van der Waals surface area contributed by atoms with Crippen molar-refractivity contribution in [3.05, 3.63) is 35.5 Å². The molecule has 0 bridgehead atoms. The number of likely N-dealkylation sites (tertiary alicyclic amines) is 1. The molecule has 3 rings (SSSR count). The molecule has 2 N–H and O–H groups in total. The molecule has 2 aromatic rings. The number of hydrogen-bond acceptors (Lipinski definition) is 5. The maximum atomic E-state index is 5.86. The van der Waals surface area contributed by atoms with Crippen molar-refractivity contribution in [3.8, 4) is 10.7 Å². The van der Waals surface area contributed by atoms with Crippen molar-refractivity contribution in [1.82, 2.24) is 14.9 Å². The summed E-state index contributed by atoms with van der Waals surface area (Å²) in [6, 6.07) is 5.93. The topological polar surface area (TPSA) is 55.0 Å². The van der Waals surface area contributed by atoms with Gasteiger partial charge >= 0.3 is 0 Å². The molecular weight excluding hydrogens is 268 g/mol. The monoisotopic (exact) mass is 288 g/mol. The van der Waals surface area contributed by atoms with Gasteiger partial charge in [0, 0.05) is 30.4 Å². The number of nitrogens with zero attached hydrogens (tertiary/aromatic N) is 3. The Kier molecular flexibility index (Phi) is 3.83. The van der Waals surface area contributed by atoms with Crippen LogP contribution in [0, 0.1) is 5.41 Å². The van der Waals surface area contributed by atoms with Crippen molar-refractivity contribution in [2.75, 3.05) is 19.6 Å². The minimum Gasteiger partial charge on any atom is -0.330 e. The predicted molar refractivity (Wildman–Crippen MR) is 82.4 cm³/mol. The second kappa shape index (κ2) is 5.60. The first-order chi connectivity index (χ1) is 9.68. The van der Waals surface area contributed by atoms with Gasteiger partial charge in [0.1, 0.15) is 5.01 Å². The van der Waals surface area contributed by atoms with E-state index in [1.165, 1.54) is 11.3 Å². The van der Waals surface area contributed by atoms with Crippen LogP contribution < -0.4 is 5.73 Å². The van der Waals surface area contributed by atoms with Crippen LogP contribution >= 0.6 is 11.3 Å². The zero-order valence-corrected chi connectivity index (χ0v) is 12.6. The lowest BCUT2D eigenvalue weighted by Gasteiger charge is -2.22. The number of hydrogen-bond donors (Lipinski definition) is 1. The maximum Gasteiger partial charge on any atom is 0.142 e. The molecule has 1 saturated heterocycles. The number of pyridine rings is 1. The summed E-state index contributed by atoms with van der Waals surface area (Å²) >= 11 is 1.73. The fourth-order valence-corrected chi connectivity index (χ4v) is 3.57. The van der Waals surface area contributed by atoms with Crippen molar-refractivity contribution in [3.63, 3.8) is 0 Å². The molecule has 0 radical (unpaired) electrons. The number of rotatable bonds is 4. The van der Waals surface area contributed by atoms with Gasteiger partial charge < -0.3 is 5.73 Å². The van der Waals surface area contributed by atoms with Gasteiger partial charge in [0.2, 0.25) is 0 Å². The first-order valence-corrected chi connectivity index (χ1v) is 7.79. The van der Waals surface area contributed by atoms with Crippen LogP contribution in [0.15, 0.2) is 30.6 Å². The molecule has 1 aliphatic heterocycles. The summed E-state index contributed by atoms with van der Waals surface area (Å²) in [5.41, 5.74) is 7.10. The van der Waals surface area contributed by atoms with Gasteiger partial charge in [-0.1, -0.05) is 13.0 Å². The smallest absolute Gasteiger partial charge is 0.142 e. The van der Waals surface area contributed by atoms with Gasteiger partial charge in [-0.2, -0.15) is 0 Å². The van der Waals surface area contributed by atoms with Crippen LogP contribution in [0.1, 0.15) is 18.2 Å². The normalized spacial score (nSPS) is 23.3. The quantitative estimate of drug-likeness (QED) is 0.938. The lowest BCUT2D eigenvalue weighted by Crippen LogP contribution is -2.30. The highest BCUT2D eigenvalue weighted by molar-refractivity contribution is 7.14. The fourth-order valence-electron chi connectivity index (χ4n) is 2.64. The summed E-state index contributed by atoms with van der Waals surface area (Å²) < 4.78 is 0. The summed E-state index contributed by atoms with van der Waals surface area (Å²) in [6.45, 7) is 6.23. The van der Waals surface area contributed by atoms with E-state index in [0.29, 0.717) is 0 Å². The molecular formula is C15H20N4S. The average Bonchev–Trinajstić information content (AvgIpc) is 3.08. The lowest BCUT2D eigenvalue weighted by atomic mass is 9.90. The molecule has 0 amide bonds. The summed E-state index contributed by atoms with van der Waals surface area (Å²) in [4.78, 5) is 12.6. The number of nitrogens with two attached hydrogens (primary N) is 1. The SMILES string of the molecule is CC1(CN)CCN(Cc2cnc(-c3ccccn3)s2)C1. The Morgan fingerprint density at radius 1 is 1.40 bits per heavy atom. The van der Waals surface area contributed by atoms with Crippen molar-refractivity contribution in [1.29, 1.82) is 0 Å². The Morgan fingerprint density at radius 3 is 3.00 bits per heavy atom. The molecule has 1 unspecified atom stereocenters. The van der Waals surface area contributed by atoms with Gasteiger partial charge in [-0.05, 0) is 37.1 Å². The zero-order chi connectivity index (χ0) is 14.0. The molecule has 2 aromatic heterocycles. The molecule has 0 aliphatic carbocycles. The summed E-state index contributed by atoms with van der Waals surface area (Å²) in [6.07, 6.45) is 4.98. The molecule has 3 heterocycles. The Morgan fingerprint density at radius 2 is 2.30 bits per heavy atom. The molecule has 0 spiro atoms. The van der Waals surface area contributed by atoms with E-state index in [0.717, 1.165) is 36.9 Å². The van der Waals surface area contributed by atoms with Crippen LogP contribution in [0.5, 0.6) is 0 Å². The van der Waals surface area contributed by atoms with Gasteiger partial charge in [0.15, 0.2) is 0 Å². The van der Waals surface area contributed by atoms with E-state index in [-0.39, 0.29) is 5.41 Å². The molecule has 1 aliphatic rings. The second-order valence-corrected chi connectivity index (χ2v) is 6.94. The van der Waals surface area contributed by atoms with E-state index in [9.17, 15) is 0 Å². The van der Waals surface area contributed by atoms with Gasteiger partial charge in [-0.25, -0.2) is 4.98 Å². The van der Waals surface area contributed by atoms with Crippen LogP contribution in [0.25, 0.3) is 10.7 Å². The van der Waals surface area contributed by atoms with Crippen molar-refractivity contribution < 1.29 is 0 Å². The van der Waals surface area contributed by atoms with Crippen molar-refractivity contribution in [2.45, 2.75) is 19.9 Å². The Balaban J connectivity index is 1.67. The van der Waals surface area contributed by atoms with E-state index in [1.54, 1.807) is 11.3 Å².